The van der Waals surface area contributed by atoms with Gasteiger partial charge in [-0.05, 0) is 30.3 Å². The van der Waals surface area contributed by atoms with E-state index < -0.39 is 0 Å². The Morgan fingerprint density at radius 3 is 2.55 bits per heavy atom. The number of nitrogen functional groups attached to an aromatic ring is 1. The quantitative estimate of drug-likeness (QED) is 0.739. The Morgan fingerprint density at radius 1 is 1.00 bits per heavy atom. The second-order valence-electron chi connectivity index (χ2n) is 4.20. The summed E-state index contributed by atoms with van der Waals surface area (Å²) in [6, 6.07) is 12.6. The van der Waals surface area contributed by atoms with Crippen molar-refractivity contribution in [2.45, 2.75) is 0 Å². The number of nitrogens with zero attached hydrogens (tertiary/aromatic N) is 2. The highest BCUT2D eigenvalue weighted by Gasteiger charge is 2.07. The lowest BCUT2D eigenvalue weighted by Crippen LogP contribution is -1.93. The zero-order valence-electron chi connectivity index (χ0n) is 10.9. The molecule has 0 atom stereocenters. The summed E-state index contributed by atoms with van der Waals surface area (Å²) in [6.07, 6.45) is 1.68. The van der Waals surface area contributed by atoms with Gasteiger partial charge < -0.3 is 15.2 Å². The van der Waals surface area contributed by atoms with E-state index in [1.54, 1.807) is 37.6 Å². The fourth-order valence-electron chi connectivity index (χ4n) is 1.84. The number of pyridine rings is 2. The van der Waals surface area contributed by atoms with Crippen LogP contribution in [0.2, 0.25) is 0 Å². The summed E-state index contributed by atoms with van der Waals surface area (Å²) in [4.78, 5) is 8.63. The van der Waals surface area contributed by atoms with Gasteiger partial charge in [0.2, 0.25) is 5.88 Å². The molecule has 0 spiro atoms. The van der Waals surface area contributed by atoms with Crippen LogP contribution in [0.25, 0.3) is 11.0 Å². The summed E-state index contributed by atoms with van der Waals surface area (Å²) < 4.78 is 11.0. The molecule has 0 radical (unpaired) electrons. The number of fused-ring (bicyclic) bond motifs is 1. The molecule has 3 aromatic rings. The third-order valence-corrected chi connectivity index (χ3v) is 2.84. The number of rotatable bonds is 3. The number of nitrogens with two attached hydrogens (primary N) is 1. The molecule has 0 aliphatic rings. The van der Waals surface area contributed by atoms with Gasteiger partial charge in [-0.2, -0.15) is 0 Å². The third kappa shape index (κ3) is 2.33. The molecule has 0 bridgehead atoms. The summed E-state index contributed by atoms with van der Waals surface area (Å²) in [5, 5.41) is 0. The zero-order valence-corrected chi connectivity index (χ0v) is 10.9. The third-order valence-electron chi connectivity index (χ3n) is 2.84. The normalized spacial score (nSPS) is 10.4. The second-order valence-corrected chi connectivity index (χ2v) is 4.20. The molecule has 20 heavy (non-hydrogen) atoms. The molecule has 5 heteroatoms. The molecule has 3 rings (SSSR count). The maximum absolute atomic E-state index is 5.83. The van der Waals surface area contributed by atoms with E-state index in [1.807, 2.05) is 18.2 Å². The molecular weight excluding hydrogens is 254 g/mol. The molecule has 0 amide bonds. The first-order chi connectivity index (χ1) is 9.76. The molecule has 0 saturated heterocycles. The molecule has 2 heterocycles. The minimum Gasteiger partial charge on any atom is -0.481 e. The molecule has 2 N–H and O–H groups in total. The van der Waals surface area contributed by atoms with Gasteiger partial charge in [-0.25, -0.2) is 4.98 Å². The molecule has 0 aliphatic heterocycles. The van der Waals surface area contributed by atoms with Gasteiger partial charge in [-0.3, -0.25) is 4.98 Å². The molecule has 0 aliphatic carbocycles. The Labute approximate surface area is 116 Å². The van der Waals surface area contributed by atoms with Gasteiger partial charge in [0.25, 0.3) is 0 Å². The molecule has 1 aromatic carbocycles. The highest BCUT2D eigenvalue weighted by molar-refractivity contribution is 5.81. The van der Waals surface area contributed by atoms with Gasteiger partial charge in [0.15, 0.2) is 5.75 Å². The van der Waals surface area contributed by atoms with Crippen LogP contribution >= 0.6 is 0 Å². The summed E-state index contributed by atoms with van der Waals surface area (Å²) in [5.74, 6) is 1.84. The van der Waals surface area contributed by atoms with Crippen LogP contribution in [-0.4, -0.2) is 17.1 Å². The lowest BCUT2D eigenvalue weighted by Gasteiger charge is -2.09. The van der Waals surface area contributed by atoms with E-state index in [0.29, 0.717) is 28.6 Å². The minimum atomic E-state index is 0.521. The van der Waals surface area contributed by atoms with Crippen LogP contribution in [0.5, 0.6) is 17.4 Å². The fourth-order valence-corrected chi connectivity index (χ4v) is 1.84. The second kappa shape index (κ2) is 5.05. The van der Waals surface area contributed by atoms with Crippen LogP contribution in [0, 0.1) is 0 Å². The van der Waals surface area contributed by atoms with E-state index in [1.165, 1.54) is 0 Å². The van der Waals surface area contributed by atoms with E-state index in [0.717, 1.165) is 5.52 Å². The molecule has 100 valence electrons. The lowest BCUT2D eigenvalue weighted by molar-refractivity contribution is 0.399. The zero-order chi connectivity index (χ0) is 13.9. The van der Waals surface area contributed by atoms with Crippen molar-refractivity contribution in [3.8, 4) is 17.4 Å². The maximum Gasteiger partial charge on any atom is 0.213 e. The molecular formula is C15H13N3O2. The van der Waals surface area contributed by atoms with Crippen LogP contribution in [0.15, 0.2) is 48.7 Å². The Bertz CT molecular complexity index is 742. The van der Waals surface area contributed by atoms with Crippen molar-refractivity contribution in [2.24, 2.45) is 0 Å². The topological polar surface area (TPSA) is 70.3 Å². The number of hydrogen-bond acceptors (Lipinski definition) is 5. The molecule has 5 nitrogen and oxygen atoms in total. The van der Waals surface area contributed by atoms with Gasteiger partial charge in [-0.15, -0.1) is 0 Å². The van der Waals surface area contributed by atoms with Crippen LogP contribution < -0.4 is 15.2 Å². The summed E-state index contributed by atoms with van der Waals surface area (Å²) in [6.45, 7) is 0. The lowest BCUT2D eigenvalue weighted by atomic mass is 10.3. The van der Waals surface area contributed by atoms with Crippen molar-refractivity contribution in [1.29, 1.82) is 0 Å². The molecule has 0 unspecified atom stereocenters. The predicted octanol–water partition coefficient (Wildman–Crippen LogP) is 3.01. The minimum absolute atomic E-state index is 0.521. The molecule has 0 saturated carbocycles. The van der Waals surface area contributed by atoms with E-state index in [2.05, 4.69) is 9.97 Å². The Balaban J connectivity index is 2.04. The molecule has 2 aromatic heterocycles. The maximum atomic E-state index is 5.83. The van der Waals surface area contributed by atoms with Crippen molar-refractivity contribution in [1.82, 2.24) is 9.97 Å². The van der Waals surface area contributed by atoms with E-state index in [-0.39, 0.29) is 0 Å². The average Bonchev–Trinajstić information content (AvgIpc) is 2.49. The summed E-state index contributed by atoms with van der Waals surface area (Å²) >= 11 is 0. The number of benzene rings is 1. The number of methoxy groups -OCH3 is 1. The van der Waals surface area contributed by atoms with Crippen LogP contribution in [0.4, 0.5) is 5.69 Å². The van der Waals surface area contributed by atoms with Crippen molar-refractivity contribution >= 4 is 16.7 Å². The summed E-state index contributed by atoms with van der Waals surface area (Å²) in [5.41, 5.74) is 7.75. The Hall–Kier alpha value is -2.82. The van der Waals surface area contributed by atoms with Crippen molar-refractivity contribution < 1.29 is 9.47 Å². The largest absolute Gasteiger partial charge is 0.481 e. The fraction of sp³-hybridized carbons (Fsp3) is 0.0667. The van der Waals surface area contributed by atoms with Crippen molar-refractivity contribution in [2.75, 3.05) is 12.8 Å². The monoisotopic (exact) mass is 267 g/mol. The van der Waals surface area contributed by atoms with Crippen molar-refractivity contribution in [3.63, 3.8) is 0 Å². The first kappa shape index (κ1) is 12.2. The van der Waals surface area contributed by atoms with E-state index in [9.17, 15) is 0 Å². The predicted molar refractivity (Wildman–Crippen MR) is 77.0 cm³/mol. The van der Waals surface area contributed by atoms with Gasteiger partial charge in [-0.1, -0.05) is 0 Å². The van der Waals surface area contributed by atoms with Crippen LogP contribution in [0.1, 0.15) is 0 Å². The SMILES string of the molecule is COc1ccc2nccc(Oc3ccc(N)cc3)c2n1. The van der Waals surface area contributed by atoms with Gasteiger partial charge in [0.1, 0.15) is 11.3 Å². The van der Waals surface area contributed by atoms with E-state index in [4.69, 9.17) is 15.2 Å². The number of ether oxygens (including phenoxy) is 2. The van der Waals surface area contributed by atoms with E-state index >= 15 is 0 Å². The van der Waals surface area contributed by atoms with Gasteiger partial charge >= 0.3 is 0 Å². The number of anilines is 1. The summed E-state index contributed by atoms with van der Waals surface area (Å²) in [7, 11) is 1.57. The molecule has 0 fully saturated rings. The van der Waals surface area contributed by atoms with Crippen molar-refractivity contribution in [3.05, 3.63) is 48.7 Å². The average molecular weight is 267 g/mol. The van der Waals surface area contributed by atoms with Gasteiger partial charge in [0, 0.05) is 24.0 Å². The van der Waals surface area contributed by atoms with Crippen LogP contribution in [-0.2, 0) is 0 Å². The Kier molecular flexibility index (Phi) is 3.09. The first-order valence-corrected chi connectivity index (χ1v) is 6.09. The van der Waals surface area contributed by atoms with Gasteiger partial charge in [0.05, 0.1) is 12.6 Å². The number of aromatic nitrogens is 2. The standard InChI is InChI=1S/C15H13N3O2/c1-19-14-7-6-12-15(18-14)13(8-9-17-12)20-11-4-2-10(16)3-5-11/h2-9H,16H2,1H3. The number of hydrogen-bond donors (Lipinski definition) is 1. The smallest absolute Gasteiger partial charge is 0.213 e. The van der Waals surface area contributed by atoms with Crippen LogP contribution in [0.3, 0.4) is 0 Å². The highest BCUT2D eigenvalue weighted by atomic mass is 16.5. The Morgan fingerprint density at radius 2 is 1.80 bits per heavy atom. The highest BCUT2D eigenvalue weighted by Crippen LogP contribution is 2.29. The first-order valence-electron chi connectivity index (χ1n) is 6.09.